The highest BCUT2D eigenvalue weighted by atomic mass is 16.5. The summed E-state index contributed by atoms with van der Waals surface area (Å²) in [5.74, 6) is 0. The van der Waals surface area contributed by atoms with Gasteiger partial charge in [0.2, 0.25) is 11.4 Å². The summed E-state index contributed by atoms with van der Waals surface area (Å²) in [4.78, 5) is 7.05. The topological polar surface area (TPSA) is 48.2 Å². The third kappa shape index (κ3) is 3.48. The van der Waals surface area contributed by atoms with E-state index < -0.39 is 0 Å². The minimum atomic E-state index is 0.622. The van der Waals surface area contributed by atoms with Crippen molar-refractivity contribution in [1.29, 1.82) is 0 Å². The smallest absolute Gasteiger partial charge is 0.209 e. The van der Waals surface area contributed by atoms with E-state index in [4.69, 9.17) is 9.47 Å². The molecule has 0 aliphatic carbocycles. The van der Waals surface area contributed by atoms with Crippen molar-refractivity contribution >= 4 is 11.8 Å². The predicted octanol–water partition coefficient (Wildman–Crippen LogP) is 2.28. The average molecular weight is 317 g/mol. The summed E-state index contributed by atoms with van der Waals surface area (Å²) < 4.78 is 10.6. The molecule has 0 aromatic carbocycles. The van der Waals surface area contributed by atoms with Crippen molar-refractivity contribution in [3.05, 3.63) is 39.4 Å². The molecule has 0 fully saturated rings. The molecule has 1 aliphatic rings. The van der Waals surface area contributed by atoms with Crippen molar-refractivity contribution in [1.82, 2.24) is 4.98 Å². The molecule has 1 aromatic rings. The van der Waals surface area contributed by atoms with Gasteiger partial charge in [-0.25, -0.2) is 4.99 Å². The first kappa shape index (κ1) is 17.7. The summed E-state index contributed by atoms with van der Waals surface area (Å²) in [6.45, 7) is 9.97. The fourth-order valence-corrected chi connectivity index (χ4v) is 3.37. The number of aromatic nitrogens is 1. The number of methoxy groups -OCH3 is 2. The summed E-state index contributed by atoms with van der Waals surface area (Å²) in [6, 6.07) is 0. The van der Waals surface area contributed by atoms with Gasteiger partial charge < -0.3 is 14.5 Å². The summed E-state index contributed by atoms with van der Waals surface area (Å²) in [5, 5.41) is 0. The lowest BCUT2D eigenvalue weighted by Gasteiger charge is -2.00. The zero-order valence-electron chi connectivity index (χ0n) is 15.2. The standard InChI is InChI=1S/C19H28N2O2/c1-7-14-12(3)16(20-18(14)10-22-5)9-17-13(4)15(8-2)19(21-17)11-23-6/h9,20H,7-8,10-11H2,1-6H3/p+1. The van der Waals surface area contributed by atoms with Crippen molar-refractivity contribution in [2.24, 2.45) is 0 Å². The van der Waals surface area contributed by atoms with Crippen LogP contribution in [0.5, 0.6) is 0 Å². The lowest BCUT2D eigenvalue weighted by molar-refractivity contribution is -0.388. The summed E-state index contributed by atoms with van der Waals surface area (Å²) in [5.41, 5.74) is 9.99. The number of hydrogen-bond donors (Lipinski definition) is 2. The van der Waals surface area contributed by atoms with Crippen LogP contribution in [-0.2, 0) is 22.5 Å². The maximum Gasteiger partial charge on any atom is 0.209 e. The predicted molar refractivity (Wildman–Crippen MR) is 94.4 cm³/mol. The molecule has 2 N–H and O–H groups in total. The molecule has 23 heavy (non-hydrogen) atoms. The van der Waals surface area contributed by atoms with Crippen molar-refractivity contribution in [2.45, 2.75) is 47.1 Å². The molecule has 4 heteroatoms. The van der Waals surface area contributed by atoms with Crippen LogP contribution in [0.25, 0.3) is 6.08 Å². The number of hydrogen-bond acceptors (Lipinski definition) is 2. The van der Waals surface area contributed by atoms with E-state index in [9.17, 15) is 0 Å². The quantitative estimate of drug-likeness (QED) is 0.810. The van der Waals surface area contributed by atoms with Crippen LogP contribution in [0.3, 0.4) is 0 Å². The van der Waals surface area contributed by atoms with Gasteiger partial charge in [-0.1, -0.05) is 13.8 Å². The molecule has 4 nitrogen and oxygen atoms in total. The van der Waals surface area contributed by atoms with E-state index in [1.54, 1.807) is 14.2 Å². The second kappa shape index (κ2) is 7.75. The van der Waals surface area contributed by atoms with Gasteiger partial charge in [0.15, 0.2) is 0 Å². The fraction of sp³-hybridized carbons (Fsp3) is 0.526. The van der Waals surface area contributed by atoms with Gasteiger partial charge in [0.05, 0.1) is 6.61 Å². The van der Waals surface area contributed by atoms with Gasteiger partial charge in [-0.15, -0.1) is 0 Å². The molecule has 2 rings (SSSR count). The summed E-state index contributed by atoms with van der Waals surface area (Å²) in [6.07, 6.45) is 4.22. The summed E-state index contributed by atoms with van der Waals surface area (Å²) in [7, 11) is 3.47. The molecule has 0 unspecified atom stereocenters. The Bertz CT molecular complexity index is 663. The Morgan fingerprint density at radius 3 is 2.30 bits per heavy atom. The normalized spacial score (nSPS) is 16.6. The van der Waals surface area contributed by atoms with Crippen LogP contribution in [-0.4, -0.2) is 31.5 Å². The highest BCUT2D eigenvalue weighted by molar-refractivity contribution is 6.00. The van der Waals surface area contributed by atoms with Gasteiger partial charge >= 0.3 is 0 Å². The third-order valence-corrected chi connectivity index (χ3v) is 4.59. The van der Waals surface area contributed by atoms with Gasteiger partial charge in [-0.2, -0.15) is 0 Å². The van der Waals surface area contributed by atoms with Gasteiger partial charge in [-0.3, -0.25) is 0 Å². The van der Waals surface area contributed by atoms with Crippen molar-refractivity contribution in [2.75, 3.05) is 20.8 Å². The molecule has 0 amide bonds. The van der Waals surface area contributed by atoms with Gasteiger partial charge in [-0.05, 0) is 37.8 Å². The molecule has 1 aromatic heterocycles. The first-order valence-corrected chi connectivity index (χ1v) is 8.30. The Kier molecular flexibility index (Phi) is 5.97. The number of aromatic amines is 1. The van der Waals surface area contributed by atoms with Crippen LogP contribution >= 0.6 is 0 Å². The highest BCUT2D eigenvalue weighted by Gasteiger charge is 2.27. The molecule has 0 bridgehead atoms. The Hall–Kier alpha value is -1.65. The van der Waals surface area contributed by atoms with E-state index in [1.165, 1.54) is 33.7 Å². The van der Waals surface area contributed by atoms with Gasteiger partial charge in [0.25, 0.3) is 0 Å². The van der Waals surface area contributed by atoms with Crippen LogP contribution in [0.4, 0.5) is 0 Å². The van der Waals surface area contributed by atoms with Crippen molar-refractivity contribution < 1.29 is 14.5 Å². The maximum atomic E-state index is 5.32. The van der Waals surface area contributed by atoms with E-state index >= 15 is 0 Å². The largest absolute Gasteiger partial charge is 0.378 e. The van der Waals surface area contributed by atoms with Crippen molar-refractivity contribution in [3.8, 4) is 0 Å². The molecule has 0 spiro atoms. The van der Waals surface area contributed by atoms with Gasteiger partial charge in [0, 0.05) is 42.8 Å². The van der Waals surface area contributed by atoms with E-state index in [2.05, 4.69) is 43.7 Å². The lowest BCUT2D eigenvalue weighted by Crippen LogP contribution is -2.69. The fourth-order valence-electron chi connectivity index (χ4n) is 3.37. The zero-order chi connectivity index (χ0) is 17.0. The Balaban J connectivity index is 2.44. The minimum Gasteiger partial charge on any atom is -0.378 e. The van der Waals surface area contributed by atoms with Crippen molar-refractivity contribution in [3.63, 3.8) is 0 Å². The second-order valence-corrected chi connectivity index (χ2v) is 5.96. The lowest BCUT2D eigenvalue weighted by atomic mass is 10.0. The Morgan fingerprint density at radius 1 is 1.04 bits per heavy atom. The monoisotopic (exact) mass is 317 g/mol. The van der Waals surface area contributed by atoms with Crippen LogP contribution < -0.4 is 4.99 Å². The number of ether oxygens (including phenoxy) is 2. The average Bonchev–Trinajstić information content (AvgIpc) is 2.98. The number of H-pyrrole nitrogens is 1. The minimum absolute atomic E-state index is 0.622. The number of allylic oxidation sites excluding steroid dienone is 1. The zero-order valence-corrected chi connectivity index (χ0v) is 15.2. The molecule has 0 saturated heterocycles. The van der Waals surface area contributed by atoms with Crippen LogP contribution in [0, 0.1) is 6.92 Å². The van der Waals surface area contributed by atoms with Crippen LogP contribution in [0.15, 0.2) is 16.8 Å². The second-order valence-electron chi connectivity index (χ2n) is 5.96. The molecule has 1 aliphatic heterocycles. The SMILES string of the molecule is CCC1=C(C)C(=Cc2[nH]c(COC)c(CC)c2C)[NH+]=C1COC. The summed E-state index contributed by atoms with van der Waals surface area (Å²) >= 11 is 0. The molecule has 0 radical (unpaired) electrons. The van der Waals surface area contributed by atoms with E-state index in [0.29, 0.717) is 13.2 Å². The van der Waals surface area contributed by atoms with E-state index in [1.807, 2.05) is 0 Å². The van der Waals surface area contributed by atoms with E-state index in [-0.39, 0.29) is 0 Å². The third-order valence-electron chi connectivity index (χ3n) is 4.59. The first-order chi connectivity index (χ1) is 11.1. The molecule has 126 valence electrons. The molecular weight excluding hydrogens is 288 g/mol. The molecule has 0 saturated carbocycles. The molecule has 2 heterocycles. The van der Waals surface area contributed by atoms with Crippen LogP contribution in [0.2, 0.25) is 0 Å². The maximum absolute atomic E-state index is 5.32. The molecular formula is C19H29N2O2+. The number of rotatable bonds is 7. The molecule has 0 atom stereocenters. The van der Waals surface area contributed by atoms with Crippen LogP contribution in [0.1, 0.15) is 49.7 Å². The number of nitrogens with one attached hydrogen (secondary N) is 2. The van der Waals surface area contributed by atoms with Gasteiger partial charge in [0.1, 0.15) is 6.61 Å². The Labute approximate surface area is 139 Å². The first-order valence-electron chi connectivity index (χ1n) is 8.30. The van der Waals surface area contributed by atoms with E-state index in [0.717, 1.165) is 24.2 Å². The Morgan fingerprint density at radius 2 is 1.74 bits per heavy atom. The highest BCUT2D eigenvalue weighted by Crippen LogP contribution is 2.24.